The van der Waals surface area contributed by atoms with Gasteiger partial charge >= 0.3 is 0 Å². The topological polar surface area (TPSA) is 35.5 Å². The van der Waals surface area contributed by atoms with Gasteiger partial charge in [-0.2, -0.15) is 0 Å². The van der Waals surface area contributed by atoms with Crippen molar-refractivity contribution in [1.82, 2.24) is 5.32 Å². The van der Waals surface area contributed by atoms with E-state index in [0.717, 1.165) is 31.1 Å². The molecule has 2 N–H and O–H groups in total. The molecular weight excluding hydrogens is 236 g/mol. The van der Waals surface area contributed by atoms with Gasteiger partial charge in [0.05, 0.1) is 6.61 Å². The van der Waals surface area contributed by atoms with Crippen molar-refractivity contribution in [3.8, 4) is 0 Å². The van der Waals surface area contributed by atoms with Gasteiger partial charge in [0.1, 0.15) is 0 Å². The first-order valence-electron chi connectivity index (χ1n) is 6.06. The quantitative estimate of drug-likeness (QED) is 0.845. The summed E-state index contributed by atoms with van der Waals surface area (Å²) >= 11 is 6.06. The number of aliphatic hydroxyl groups excluding tert-OH is 1. The van der Waals surface area contributed by atoms with Gasteiger partial charge in [-0.3, -0.25) is 0 Å². The molecule has 1 aromatic rings. The second kappa shape index (κ2) is 5.71. The van der Waals surface area contributed by atoms with Crippen LogP contribution in [0.4, 0.5) is 5.69 Å². The molecule has 17 heavy (non-hydrogen) atoms. The van der Waals surface area contributed by atoms with Gasteiger partial charge in [-0.25, -0.2) is 0 Å². The van der Waals surface area contributed by atoms with Crippen LogP contribution in [0.1, 0.15) is 12.0 Å². The van der Waals surface area contributed by atoms with Crippen molar-refractivity contribution in [1.29, 1.82) is 0 Å². The van der Waals surface area contributed by atoms with E-state index in [1.165, 1.54) is 11.3 Å². The van der Waals surface area contributed by atoms with Crippen LogP contribution < -0.4 is 10.2 Å². The molecule has 4 heteroatoms. The van der Waals surface area contributed by atoms with Crippen molar-refractivity contribution >= 4 is 17.3 Å². The molecule has 0 bridgehead atoms. The molecule has 3 nitrogen and oxygen atoms in total. The Morgan fingerprint density at radius 2 is 2.35 bits per heavy atom. The zero-order chi connectivity index (χ0) is 12.3. The minimum absolute atomic E-state index is 0.149. The van der Waals surface area contributed by atoms with Crippen molar-refractivity contribution in [2.24, 2.45) is 0 Å². The zero-order valence-electron chi connectivity index (χ0n) is 10.1. The fraction of sp³-hybridized carbons (Fsp3) is 0.538. The monoisotopic (exact) mass is 254 g/mol. The van der Waals surface area contributed by atoms with E-state index in [4.69, 9.17) is 11.6 Å². The van der Waals surface area contributed by atoms with Crippen LogP contribution in [-0.2, 0) is 0 Å². The predicted molar refractivity (Wildman–Crippen MR) is 71.9 cm³/mol. The van der Waals surface area contributed by atoms with E-state index < -0.39 is 0 Å². The molecule has 0 radical (unpaired) electrons. The minimum atomic E-state index is 0.149. The Hall–Kier alpha value is -0.770. The largest absolute Gasteiger partial charge is 0.395 e. The highest BCUT2D eigenvalue weighted by Crippen LogP contribution is 2.25. The summed E-state index contributed by atoms with van der Waals surface area (Å²) in [5.74, 6) is 0. The average molecular weight is 255 g/mol. The number of anilines is 1. The molecule has 0 amide bonds. The van der Waals surface area contributed by atoms with E-state index in [0.29, 0.717) is 0 Å². The number of hydrogen-bond acceptors (Lipinski definition) is 3. The molecule has 1 fully saturated rings. The Morgan fingerprint density at radius 1 is 1.53 bits per heavy atom. The Morgan fingerprint density at radius 3 is 3.12 bits per heavy atom. The standard InChI is InChI=1S/C13H19ClN2O/c1-10-3-4-11(14)7-13(10)16-6-2-5-15-12(8-16)9-17/h3-4,7,12,15,17H,2,5-6,8-9H2,1H3. The summed E-state index contributed by atoms with van der Waals surface area (Å²) in [4.78, 5) is 2.31. The summed E-state index contributed by atoms with van der Waals surface area (Å²) in [7, 11) is 0. The molecule has 1 saturated heterocycles. The number of nitrogens with one attached hydrogen (secondary N) is 1. The minimum Gasteiger partial charge on any atom is -0.395 e. The molecule has 0 spiro atoms. The number of benzene rings is 1. The van der Waals surface area contributed by atoms with Crippen molar-refractivity contribution in [2.75, 3.05) is 31.1 Å². The normalized spacial score (nSPS) is 21.4. The van der Waals surface area contributed by atoms with Crippen LogP contribution in [0.5, 0.6) is 0 Å². The predicted octanol–water partition coefficient (Wildman–Crippen LogP) is 1.81. The number of rotatable bonds is 2. The molecule has 1 aromatic carbocycles. The van der Waals surface area contributed by atoms with Crippen LogP contribution >= 0.6 is 11.6 Å². The van der Waals surface area contributed by atoms with Crippen LogP contribution in [0.15, 0.2) is 18.2 Å². The second-order valence-electron chi connectivity index (χ2n) is 4.56. The van der Waals surface area contributed by atoms with E-state index in [-0.39, 0.29) is 12.6 Å². The Bertz CT molecular complexity index is 384. The third-order valence-corrected chi connectivity index (χ3v) is 3.45. The average Bonchev–Trinajstić information content (AvgIpc) is 2.57. The van der Waals surface area contributed by atoms with Gasteiger partial charge in [0, 0.05) is 29.8 Å². The van der Waals surface area contributed by atoms with Crippen molar-refractivity contribution in [3.05, 3.63) is 28.8 Å². The summed E-state index contributed by atoms with van der Waals surface area (Å²) in [6, 6.07) is 6.12. The van der Waals surface area contributed by atoms with Gasteiger partial charge in [0.25, 0.3) is 0 Å². The van der Waals surface area contributed by atoms with Gasteiger partial charge in [0.2, 0.25) is 0 Å². The lowest BCUT2D eigenvalue weighted by molar-refractivity contribution is 0.248. The van der Waals surface area contributed by atoms with Crippen molar-refractivity contribution < 1.29 is 5.11 Å². The van der Waals surface area contributed by atoms with Gasteiger partial charge in [-0.1, -0.05) is 17.7 Å². The summed E-state index contributed by atoms with van der Waals surface area (Å²) in [5.41, 5.74) is 2.41. The van der Waals surface area contributed by atoms with Gasteiger partial charge in [0.15, 0.2) is 0 Å². The number of aliphatic hydroxyl groups is 1. The maximum atomic E-state index is 9.29. The molecule has 1 aliphatic heterocycles. The molecule has 0 aromatic heterocycles. The van der Waals surface area contributed by atoms with E-state index in [1.807, 2.05) is 18.2 Å². The van der Waals surface area contributed by atoms with Crippen molar-refractivity contribution in [2.45, 2.75) is 19.4 Å². The van der Waals surface area contributed by atoms with E-state index >= 15 is 0 Å². The lowest BCUT2D eigenvalue weighted by Crippen LogP contribution is -2.40. The van der Waals surface area contributed by atoms with Gasteiger partial charge in [-0.05, 0) is 37.6 Å². The Balaban J connectivity index is 2.21. The number of nitrogens with zero attached hydrogens (tertiary/aromatic N) is 1. The number of aryl methyl sites for hydroxylation is 1. The zero-order valence-corrected chi connectivity index (χ0v) is 10.9. The summed E-state index contributed by atoms with van der Waals surface area (Å²) < 4.78 is 0. The molecule has 1 heterocycles. The lowest BCUT2D eigenvalue weighted by atomic mass is 10.1. The molecule has 0 saturated carbocycles. The highest BCUT2D eigenvalue weighted by molar-refractivity contribution is 6.30. The van der Waals surface area contributed by atoms with Crippen LogP contribution in [0.25, 0.3) is 0 Å². The van der Waals surface area contributed by atoms with E-state index in [1.54, 1.807) is 0 Å². The van der Waals surface area contributed by atoms with Crippen LogP contribution in [0.2, 0.25) is 5.02 Å². The van der Waals surface area contributed by atoms with Crippen molar-refractivity contribution in [3.63, 3.8) is 0 Å². The van der Waals surface area contributed by atoms with E-state index in [2.05, 4.69) is 17.1 Å². The van der Waals surface area contributed by atoms with Gasteiger partial charge in [-0.15, -0.1) is 0 Å². The molecule has 2 rings (SSSR count). The van der Waals surface area contributed by atoms with Crippen LogP contribution in [0, 0.1) is 6.92 Å². The second-order valence-corrected chi connectivity index (χ2v) is 5.00. The molecule has 1 unspecified atom stereocenters. The first kappa shape index (κ1) is 12.7. The van der Waals surface area contributed by atoms with E-state index in [9.17, 15) is 5.11 Å². The Kier molecular flexibility index (Phi) is 4.26. The lowest BCUT2D eigenvalue weighted by Gasteiger charge is -2.27. The Labute approximate surface area is 107 Å². The first-order valence-corrected chi connectivity index (χ1v) is 6.44. The summed E-state index contributed by atoms with van der Waals surface area (Å²) in [6.45, 7) is 5.07. The van der Waals surface area contributed by atoms with Crippen LogP contribution in [-0.4, -0.2) is 37.4 Å². The molecule has 0 aliphatic carbocycles. The van der Waals surface area contributed by atoms with Gasteiger partial charge < -0.3 is 15.3 Å². The molecule has 94 valence electrons. The maximum absolute atomic E-state index is 9.29. The SMILES string of the molecule is Cc1ccc(Cl)cc1N1CCCNC(CO)C1. The third kappa shape index (κ3) is 3.12. The molecule has 1 aliphatic rings. The smallest absolute Gasteiger partial charge is 0.0601 e. The fourth-order valence-electron chi connectivity index (χ4n) is 2.26. The third-order valence-electron chi connectivity index (χ3n) is 3.21. The number of hydrogen-bond donors (Lipinski definition) is 2. The molecular formula is C13H19ClN2O. The van der Waals surface area contributed by atoms with Crippen LogP contribution in [0.3, 0.4) is 0 Å². The highest BCUT2D eigenvalue weighted by Gasteiger charge is 2.18. The molecule has 1 atom stereocenters. The highest BCUT2D eigenvalue weighted by atomic mass is 35.5. The summed E-state index contributed by atoms with van der Waals surface area (Å²) in [5, 5.41) is 13.4. The fourth-order valence-corrected chi connectivity index (χ4v) is 2.43. The summed E-state index contributed by atoms with van der Waals surface area (Å²) in [6.07, 6.45) is 1.09. The number of halogens is 1. The first-order chi connectivity index (χ1) is 8.20. The maximum Gasteiger partial charge on any atom is 0.0601 e.